The molecule has 121 valence electrons. The summed E-state index contributed by atoms with van der Waals surface area (Å²) in [7, 11) is 3.08. The molecule has 0 aliphatic carbocycles. The molecule has 0 aliphatic rings. The van der Waals surface area contributed by atoms with E-state index in [-0.39, 0.29) is 11.1 Å². The van der Waals surface area contributed by atoms with E-state index < -0.39 is 28.9 Å². The molecule has 1 nitrogen and oxygen atoms in total. The van der Waals surface area contributed by atoms with Crippen molar-refractivity contribution in [1.29, 1.82) is 0 Å². The molecule has 0 amide bonds. The van der Waals surface area contributed by atoms with Gasteiger partial charge in [0.25, 0.3) is 0 Å². The lowest BCUT2D eigenvalue weighted by molar-refractivity contribution is 0.0685. The van der Waals surface area contributed by atoms with Gasteiger partial charge in [-0.2, -0.15) is 0 Å². The first-order valence-corrected chi connectivity index (χ1v) is 7.59. The fourth-order valence-electron chi connectivity index (χ4n) is 2.60. The molecule has 0 heterocycles. The smallest absolute Gasteiger partial charge is 0.247 e. The van der Waals surface area contributed by atoms with Gasteiger partial charge < -0.3 is 4.43 Å². The second-order valence-electron chi connectivity index (χ2n) is 5.23. The van der Waals surface area contributed by atoms with E-state index >= 15 is 0 Å². The minimum Gasteiger partial charge on any atom is -0.409 e. The Balaban J connectivity index is 2.49. The van der Waals surface area contributed by atoms with Crippen LogP contribution in [0.1, 0.15) is 32.3 Å². The Kier molecular flexibility index (Phi) is 5.26. The van der Waals surface area contributed by atoms with Crippen LogP contribution in [0.2, 0.25) is 0 Å². The monoisotopic (exact) mass is 339 g/mol. The highest BCUT2D eigenvalue weighted by atomic mass is 28.2. The summed E-state index contributed by atoms with van der Waals surface area (Å²) < 4.78 is 59.0. The average molecular weight is 339 g/mol. The Hall–Kier alpha value is -1.66. The molecule has 0 atom stereocenters. The summed E-state index contributed by atoms with van der Waals surface area (Å²) in [5.74, 6) is -6.47. The van der Waals surface area contributed by atoms with Gasteiger partial charge in [-0.3, -0.25) is 0 Å². The average Bonchev–Trinajstić information content (AvgIpc) is 2.59. The molecule has 2 rings (SSSR count). The third kappa shape index (κ3) is 3.05. The van der Waals surface area contributed by atoms with E-state index in [4.69, 9.17) is 4.43 Å². The lowest BCUT2D eigenvalue weighted by atomic mass is 9.87. The topological polar surface area (TPSA) is 9.23 Å². The predicted octanol–water partition coefficient (Wildman–Crippen LogP) is 5.03. The van der Waals surface area contributed by atoms with Crippen LogP contribution in [-0.4, -0.2) is 10.5 Å². The molecule has 23 heavy (non-hydrogen) atoms. The van der Waals surface area contributed by atoms with Crippen molar-refractivity contribution in [2.45, 2.75) is 32.3 Å². The van der Waals surface area contributed by atoms with Crippen molar-refractivity contribution in [3.63, 3.8) is 0 Å². The molecule has 0 saturated carbocycles. The Bertz CT molecular complexity index is 688. The van der Waals surface area contributed by atoms with Crippen LogP contribution in [-0.2, 0) is 10.0 Å². The van der Waals surface area contributed by atoms with Crippen molar-refractivity contribution in [3.8, 4) is 11.1 Å². The van der Waals surface area contributed by atoms with E-state index in [1.807, 2.05) is 13.8 Å². The quantitative estimate of drug-likeness (QED) is 0.321. The number of hydrogen-bond donors (Lipinski definition) is 0. The molecule has 2 aromatic rings. The number of benzene rings is 2. The summed E-state index contributed by atoms with van der Waals surface area (Å²) in [5.41, 5.74) is 0.211. The minimum absolute atomic E-state index is 0.249. The van der Waals surface area contributed by atoms with Crippen molar-refractivity contribution < 1.29 is 22.0 Å². The summed E-state index contributed by atoms with van der Waals surface area (Å²) >= 11 is 0. The number of rotatable bonds is 5. The van der Waals surface area contributed by atoms with Gasteiger partial charge in [0.2, 0.25) is 10.5 Å². The Morgan fingerprint density at radius 3 is 1.96 bits per heavy atom. The molecule has 0 bridgehead atoms. The zero-order chi connectivity index (χ0) is 17.2. The zero-order valence-electron chi connectivity index (χ0n) is 12.7. The van der Waals surface area contributed by atoms with Gasteiger partial charge in [0, 0.05) is 5.56 Å². The van der Waals surface area contributed by atoms with Crippen LogP contribution in [0.4, 0.5) is 17.6 Å². The Labute approximate surface area is 135 Å². The predicted molar refractivity (Wildman–Crippen MR) is 80.8 cm³/mol. The Morgan fingerprint density at radius 1 is 0.913 bits per heavy atom. The first kappa shape index (κ1) is 17.7. The summed E-state index contributed by atoms with van der Waals surface area (Å²) in [6.07, 6.45) is 1.39. The maximum absolute atomic E-state index is 13.8. The normalized spacial score (nSPS) is 11.8. The van der Waals surface area contributed by atoms with Crippen LogP contribution in [0.3, 0.4) is 0 Å². The lowest BCUT2D eigenvalue weighted by Crippen LogP contribution is -2.27. The standard InChI is InChI=1S/C17H15F4OSi/c1-3-17(4-2,22-23)11-7-5-10(6-8-11)12-9-13(18)15(20)16(21)14(12)19/h5-9H,3-4H2,1-2H3. The molecule has 0 N–H and O–H groups in total. The molecule has 0 saturated heterocycles. The highest BCUT2D eigenvalue weighted by Crippen LogP contribution is 2.34. The molecular formula is C17H15F4OSi. The maximum Gasteiger partial charge on any atom is 0.247 e. The van der Waals surface area contributed by atoms with Crippen LogP contribution < -0.4 is 0 Å². The highest BCUT2D eigenvalue weighted by molar-refractivity contribution is 5.98. The summed E-state index contributed by atoms with van der Waals surface area (Å²) in [6.45, 7) is 3.92. The highest BCUT2D eigenvalue weighted by Gasteiger charge is 2.27. The maximum atomic E-state index is 13.8. The largest absolute Gasteiger partial charge is 0.409 e. The minimum atomic E-state index is -1.82. The van der Waals surface area contributed by atoms with Gasteiger partial charge in [-0.05, 0) is 30.0 Å². The van der Waals surface area contributed by atoms with E-state index in [2.05, 4.69) is 10.5 Å². The third-order valence-corrected chi connectivity index (χ3v) is 4.55. The van der Waals surface area contributed by atoms with Gasteiger partial charge in [0.05, 0.1) is 5.60 Å². The lowest BCUT2D eigenvalue weighted by Gasteiger charge is -2.31. The third-order valence-electron chi connectivity index (χ3n) is 4.16. The molecule has 3 radical (unpaired) electrons. The second-order valence-corrected chi connectivity index (χ2v) is 5.43. The van der Waals surface area contributed by atoms with Crippen LogP contribution >= 0.6 is 0 Å². The van der Waals surface area contributed by atoms with E-state index in [0.29, 0.717) is 18.9 Å². The van der Waals surface area contributed by atoms with Crippen molar-refractivity contribution >= 4 is 10.5 Å². The first-order chi connectivity index (χ1) is 10.9. The molecule has 0 fully saturated rings. The van der Waals surface area contributed by atoms with E-state index in [1.165, 1.54) is 12.1 Å². The van der Waals surface area contributed by atoms with Crippen LogP contribution in [0.5, 0.6) is 0 Å². The molecule has 0 aromatic heterocycles. The van der Waals surface area contributed by atoms with Gasteiger partial charge in [0.1, 0.15) is 0 Å². The number of halogens is 4. The van der Waals surface area contributed by atoms with Crippen molar-refractivity contribution in [2.24, 2.45) is 0 Å². The van der Waals surface area contributed by atoms with E-state index in [9.17, 15) is 17.6 Å². The van der Waals surface area contributed by atoms with Gasteiger partial charge in [0.15, 0.2) is 23.3 Å². The van der Waals surface area contributed by atoms with Gasteiger partial charge in [-0.25, -0.2) is 17.6 Å². The molecule has 2 aromatic carbocycles. The SMILES string of the molecule is CCC(CC)(O[Si])c1ccc(-c2cc(F)c(F)c(F)c2F)cc1. The molecule has 0 aliphatic heterocycles. The molecule has 0 spiro atoms. The molecule has 6 heteroatoms. The van der Waals surface area contributed by atoms with Crippen LogP contribution in [0, 0.1) is 23.3 Å². The molecule has 0 unspecified atom stereocenters. The van der Waals surface area contributed by atoms with E-state index in [1.54, 1.807) is 12.1 Å². The van der Waals surface area contributed by atoms with Crippen LogP contribution in [0.15, 0.2) is 30.3 Å². The van der Waals surface area contributed by atoms with Gasteiger partial charge >= 0.3 is 0 Å². The summed E-state index contributed by atoms with van der Waals surface area (Å²) in [5, 5.41) is 0. The fourth-order valence-corrected chi connectivity index (χ4v) is 3.00. The first-order valence-electron chi connectivity index (χ1n) is 7.18. The fraction of sp³-hybridized carbons (Fsp3) is 0.294. The van der Waals surface area contributed by atoms with Gasteiger partial charge in [-0.1, -0.05) is 38.1 Å². The Morgan fingerprint density at radius 2 is 1.48 bits per heavy atom. The van der Waals surface area contributed by atoms with Crippen molar-refractivity contribution in [3.05, 3.63) is 59.2 Å². The van der Waals surface area contributed by atoms with Crippen LogP contribution in [0.25, 0.3) is 11.1 Å². The van der Waals surface area contributed by atoms with E-state index in [0.717, 1.165) is 5.56 Å². The molecular weight excluding hydrogens is 324 g/mol. The number of hydrogen-bond acceptors (Lipinski definition) is 1. The second kappa shape index (κ2) is 6.84. The van der Waals surface area contributed by atoms with Crippen molar-refractivity contribution in [2.75, 3.05) is 0 Å². The van der Waals surface area contributed by atoms with Crippen molar-refractivity contribution in [1.82, 2.24) is 0 Å². The summed E-state index contributed by atoms with van der Waals surface area (Å²) in [6, 6.07) is 7.09. The van der Waals surface area contributed by atoms with Gasteiger partial charge in [-0.15, -0.1) is 0 Å². The zero-order valence-corrected chi connectivity index (χ0v) is 13.7. The summed E-state index contributed by atoms with van der Waals surface area (Å²) in [4.78, 5) is 0.